The Labute approximate surface area is 190 Å². The van der Waals surface area contributed by atoms with Gasteiger partial charge in [0.15, 0.2) is 0 Å². The van der Waals surface area contributed by atoms with Crippen LogP contribution in [0.5, 0.6) is 0 Å². The van der Waals surface area contributed by atoms with Gasteiger partial charge >= 0.3 is 0 Å². The molecule has 2 fully saturated rings. The summed E-state index contributed by atoms with van der Waals surface area (Å²) in [5.41, 5.74) is 2.84. The smallest absolute Gasteiger partial charge is 0.273 e. The lowest BCUT2D eigenvalue weighted by Gasteiger charge is -2.43. The predicted molar refractivity (Wildman–Crippen MR) is 123 cm³/mol. The van der Waals surface area contributed by atoms with Crippen molar-refractivity contribution < 1.29 is 4.74 Å². The van der Waals surface area contributed by atoms with E-state index in [1.165, 1.54) is 0 Å². The van der Waals surface area contributed by atoms with Crippen molar-refractivity contribution in [1.29, 1.82) is 5.26 Å². The first-order chi connectivity index (χ1) is 16.1. The molecule has 0 aromatic carbocycles. The maximum atomic E-state index is 12.8. The summed E-state index contributed by atoms with van der Waals surface area (Å²) >= 11 is 0. The molecule has 0 amide bonds. The van der Waals surface area contributed by atoms with Crippen molar-refractivity contribution in [1.82, 2.24) is 24.8 Å². The summed E-state index contributed by atoms with van der Waals surface area (Å²) in [4.78, 5) is 33.3. The van der Waals surface area contributed by atoms with E-state index >= 15 is 0 Å². The Kier molecular flexibility index (Phi) is 5.73. The second kappa shape index (κ2) is 8.97. The highest BCUT2D eigenvalue weighted by Crippen LogP contribution is 2.20. The predicted octanol–water partition coefficient (Wildman–Crippen LogP) is 1.67. The third kappa shape index (κ3) is 4.41. The van der Waals surface area contributed by atoms with Crippen molar-refractivity contribution in [2.75, 3.05) is 49.6 Å². The lowest BCUT2D eigenvalue weighted by molar-refractivity contribution is -0.0660. The van der Waals surface area contributed by atoms with Gasteiger partial charge in [0.25, 0.3) is 5.56 Å². The molecule has 0 unspecified atom stereocenters. The second-order valence-electron chi connectivity index (χ2n) is 8.16. The van der Waals surface area contributed by atoms with E-state index in [0.29, 0.717) is 40.6 Å². The average Bonchev–Trinajstić information content (AvgIpc) is 2.79. The van der Waals surface area contributed by atoms with Gasteiger partial charge in [0.05, 0.1) is 30.6 Å². The van der Waals surface area contributed by atoms with Crippen LogP contribution in [0.4, 0.5) is 17.5 Å². The van der Waals surface area contributed by atoms with E-state index in [1.807, 2.05) is 31.2 Å². The first-order valence-corrected chi connectivity index (χ1v) is 10.9. The van der Waals surface area contributed by atoms with Gasteiger partial charge in [-0.15, -0.1) is 0 Å². The van der Waals surface area contributed by atoms with Crippen LogP contribution < -0.4 is 15.8 Å². The number of piperazine rings is 1. The van der Waals surface area contributed by atoms with Crippen LogP contribution in [-0.2, 0) is 4.74 Å². The zero-order valence-corrected chi connectivity index (χ0v) is 18.3. The molecule has 5 rings (SSSR count). The number of aromatic amines is 1. The molecule has 33 heavy (non-hydrogen) atoms. The highest BCUT2D eigenvalue weighted by Gasteiger charge is 2.29. The standard InChI is InChI=1S/C23H24N8O2/c1-15-2-3-17(26-19(15)12-24)18-6-7-25-23(27-18)29-21-5-4-20(22(32)28-21)31-10-8-30(9-11-31)16-13-33-14-16/h2-7,16H,8-11,13-14H2,1H3,(H2,25,27,28,29,32). The molecule has 0 radical (unpaired) electrons. The fraction of sp³-hybridized carbons (Fsp3) is 0.348. The number of nitrogens with zero attached hydrogens (tertiary/aromatic N) is 6. The second-order valence-corrected chi connectivity index (χ2v) is 8.16. The number of rotatable bonds is 5. The van der Waals surface area contributed by atoms with Gasteiger partial charge in [-0.05, 0) is 36.8 Å². The SMILES string of the molecule is Cc1ccc(-c2ccnc(Nc3ccc(N4CCN(C5COC5)CC4)c(=O)[nH]3)n2)nc1C#N. The minimum absolute atomic E-state index is 0.157. The Bertz CT molecular complexity index is 1260. The number of anilines is 3. The maximum Gasteiger partial charge on any atom is 0.273 e. The molecule has 2 aliphatic heterocycles. The quantitative estimate of drug-likeness (QED) is 0.605. The lowest BCUT2D eigenvalue weighted by atomic mass is 10.1. The molecule has 10 heteroatoms. The van der Waals surface area contributed by atoms with E-state index in [0.717, 1.165) is 45.0 Å². The van der Waals surface area contributed by atoms with E-state index in [4.69, 9.17) is 4.74 Å². The van der Waals surface area contributed by atoms with Crippen molar-refractivity contribution >= 4 is 17.5 Å². The molecule has 0 bridgehead atoms. The Hall–Kier alpha value is -3.81. The van der Waals surface area contributed by atoms with Crippen molar-refractivity contribution in [3.8, 4) is 17.5 Å². The first kappa shape index (κ1) is 21.1. The van der Waals surface area contributed by atoms with Crippen LogP contribution in [-0.4, -0.2) is 70.3 Å². The Morgan fingerprint density at radius 2 is 1.88 bits per heavy atom. The molecule has 2 aliphatic rings. The summed E-state index contributed by atoms with van der Waals surface area (Å²) in [6.07, 6.45) is 1.61. The number of hydrogen-bond acceptors (Lipinski definition) is 9. The summed E-state index contributed by atoms with van der Waals surface area (Å²) < 4.78 is 5.28. The number of nitrogens with one attached hydrogen (secondary N) is 2. The number of nitriles is 1. The molecule has 10 nitrogen and oxygen atoms in total. The van der Waals surface area contributed by atoms with Gasteiger partial charge in [-0.1, -0.05) is 6.07 Å². The summed E-state index contributed by atoms with van der Waals surface area (Å²) in [7, 11) is 0. The maximum absolute atomic E-state index is 12.8. The molecule has 0 aliphatic carbocycles. The Balaban J connectivity index is 1.28. The molecule has 0 atom stereocenters. The van der Waals surface area contributed by atoms with Gasteiger partial charge < -0.3 is 19.9 Å². The number of H-pyrrole nitrogens is 1. The van der Waals surface area contributed by atoms with Crippen molar-refractivity contribution in [2.45, 2.75) is 13.0 Å². The van der Waals surface area contributed by atoms with Crippen LogP contribution >= 0.6 is 0 Å². The molecule has 3 aromatic heterocycles. The monoisotopic (exact) mass is 444 g/mol. The zero-order valence-electron chi connectivity index (χ0n) is 18.3. The fourth-order valence-corrected chi connectivity index (χ4v) is 4.02. The van der Waals surface area contributed by atoms with Crippen LogP contribution in [0.1, 0.15) is 11.3 Å². The van der Waals surface area contributed by atoms with Gasteiger partial charge in [0.1, 0.15) is 23.3 Å². The highest BCUT2D eigenvalue weighted by molar-refractivity contribution is 5.59. The largest absolute Gasteiger partial charge is 0.378 e. The lowest BCUT2D eigenvalue weighted by Crippen LogP contribution is -2.57. The van der Waals surface area contributed by atoms with Crippen molar-refractivity contribution in [3.63, 3.8) is 0 Å². The Morgan fingerprint density at radius 3 is 2.58 bits per heavy atom. The van der Waals surface area contributed by atoms with Gasteiger partial charge in [-0.3, -0.25) is 9.69 Å². The molecule has 0 saturated carbocycles. The molecule has 2 saturated heterocycles. The number of ether oxygens (including phenoxy) is 1. The molecule has 0 spiro atoms. The van der Waals surface area contributed by atoms with Gasteiger partial charge in [-0.2, -0.15) is 5.26 Å². The van der Waals surface area contributed by atoms with E-state index < -0.39 is 0 Å². The van der Waals surface area contributed by atoms with E-state index in [-0.39, 0.29) is 5.56 Å². The van der Waals surface area contributed by atoms with E-state index in [9.17, 15) is 10.1 Å². The van der Waals surface area contributed by atoms with Gasteiger partial charge in [0, 0.05) is 32.4 Å². The van der Waals surface area contributed by atoms with Crippen LogP contribution in [0.3, 0.4) is 0 Å². The zero-order chi connectivity index (χ0) is 22.8. The van der Waals surface area contributed by atoms with E-state index in [1.54, 1.807) is 12.3 Å². The van der Waals surface area contributed by atoms with E-state index in [2.05, 4.69) is 41.1 Å². The minimum Gasteiger partial charge on any atom is -0.378 e. The van der Waals surface area contributed by atoms with Gasteiger partial charge in [0.2, 0.25) is 5.95 Å². The van der Waals surface area contributed by atoms with Gasteiger partial charge in [-0.25, -0.2) is 15.0 Å². The third-order valence-corrected chi connectivity index (χ3v) is 6.05. The van der Waals surface area contributed by atoms with Crippen LogP contribution in [0.25, 0.3) is 11.4 Å². The topological polar surface area (TPSA) is 123 Å². The summed E-state index contributed by atoms with van der Waals surface area (Å²) in [6.45, 7) is 6.93. The molecular formula is C23H24N8O2. The normalized spacial score (nSPS) is 16.8. The molecule has 5 heterocycles. The summed E-state index contributed by atoms with van der Waals surface area (Å²) in [5, 5.41) is 12.3. The highest BCUT2D eigenvalue weighted by atomic mass is 16.5. The minimum atomic E-state index is -0.157. The number of pyridine rings is 2. The summed E-state index contributed by atoms with van der Waals surface area (Å²) in [5.74, 6) is 0.828. The number of aryl methyl sites for hydroxylation is 1. The molecule has 168 valence electrons. The first-order valence-electron chi connectivity index (χ1n) is 10.9. The summed E-state index contributed by atoms with van der Waals surface area (Å²) in [6, 6.07) is 11.6. The average molecular weight is 444 g/mol. The van der Waals surface area contributed by atoms with Crippen molar-refractivity contribution in [2.24, 2.45) is 0 Å². The number of aromatic nitrogens is 4. The molecule has 2 N–H and O–H groups in total. The molecular weight excluding hydrogens is 420 g/mol. The van der Waals surface area contributed by atoms with Crippen LogP contribution in [0, 0.1) is 18.3 Å². The van der Waals surface area contributed by atoms with Crippen LogP contribution in [0.15, 0.2) is 41.3 Å². The van der Waals surface area contributed by atoms with Crippen LogP contribution in [0.2, 0.25) is 0 Å². The molecule has 3 aromatic rings. The van der Waals surface area contributed by atoms with Crippen molar-refractivity contribution in [3.05, 3.63) is 58.1 Å². The third-order valence-electron chi connectivity index (χ3n) is 6.05. The number of hydrogen-bond donors (Lipinski definition) is 2. The fourth-order valence-electron chi connectivity index (χ4n) is 4.02. The Morgan fingerprint density at radius 1 is 1.09 bits per heavy atom.